The predicted molar refractivity (Wildman–Crippen MR) is 54.9 cm³/mol. The Kier molecular flexibility index (Phi) is 3.98. The second-order valence-electron chi connectivity index (χ2n) is 3.39. The zero-order valence-corrected chi connectivity index (χ0v) is 9.15. The quantitative estimate of drug-likeness (QED) is 0.652. The van der Waals surface area contributed by atoms with Gasteiger partial charge in [0.15, 0.2) is 0 Å². The van der Waals surface area contributed by atoms with Gasteiger partial charge in [-0.3, -0.25) is 14.7 Å². The molecule has 7 nitrogen and oxygen atoms in total. The zero-order valence-electron chi connectivity index (χ0n) is 9.15. The van der Waals surface area contributed by atoms with E-state index in [1.807, 2.05) is 6.92 Å². The summed E-state index contributed by atoms with van der Waals surface area (Å²) in [4.78, 5) is 25.9. The van der Waals surface area contributed by atoms with Gasteiger partial charge in [-0.05, 0) is 13.3 Å². The number of aromatic amines is 1. The highest BCUT2D eigenvalue weighted by Crippen LogP contribution is 1.97. The Morgan fingerprint density at radius 2 is 2.25 bits per heavy atom. The molecule has 0 saturated heterocycles. The van der Waals surface area contributed by atoms with Crippen LogP contribution in [-0.4, -0.2) is 38.2 Å². The van der Waals surface area contributed by atoms with Crippen molar-refractivity contribution in [2.24, 2.45) is 0 Å². The molecule has 7 heteroatoms. The van der Waals surface area contributed by atoms with Gasteiger partial charge in [0.25, 0.3) is 5.91 Å². The predicted octanol–water partition coefficient (Wildman–Crippen LogP) is -0.0399. The van der Waals surface area contributed by atoms with E-state index in [0.717, 1.165) is 6.42 Å². The SMILES string of the molecule is CCCc1nc(C(=O)N[C@H](C)C(=O)O)n[nH]1. The first-order chi connectivity index (χ1) is 7.54. The van der Waals surface area contributed by atoms with Gasteiger partial charge in [0.2, 0.25) is 5.82 Å². The minimum Gasteiger partial charge on any atom is -0.480 e. The molecule has 0 aromatic carbocycles. The summed E-state index contributed by atoms with van der Waals surface area (Å²) in [5.41, 5.74) is 0. The van der Waals surface area contributed by atoms with E-state index in [0.29, 0.717) is 12.2 Å². The maximum atomic E-state index is 11.5. The number of aryl methyl sites for hydroxylation is 1. The minimum atomic E-state index is -1.10. The smallest absolute Gasteiger partial charge is 0.325 e. The van der Waals surface area contributed by atoms with Crippen LogP contribution in [0.1, 0.15) is 36.7 Å². The molecule has 0 saturated carbocycles. The van der Waals surface area contributed by atoms with E-state index in [1.165, 1.54) is 6.92 Å². The van der Waals surface area contributed by atoms with Crippen LogP contribution in [0.15, 0.2) is 0 Å². The second-order valence-corrected chi connectivity index (χ2v) is 3.39. The molecule has 0 bridgehead atoms. The Morgan fingerprint density at radius 3 is 2.81 bits per heavy atom. The Morgan fingerprint density at radius 1 is 1.56 bits per heavy atom. The van der Waals surface area contributed by atoms with Gasteiger partial charge in [0, 0.05) is 6.42 Å². The first-order valence-corrected chi connectivity index (χ1v) is 4.99. The molecule has 0 spiro atoms. The number of aliphatic carboxylic acids is 1. The molecule has 0 unspecified atom stereocenters. The fourth-order valence-corrected chi connectivity index (χ4v) is 1.07. The first-order valence-electron chi connectivity index (χ1n) is 4.99. The number of carboxylic acid groups (broad SMARTS) is 1. The molecule has 1 rings (SSSR count). The third kappa shape index (κ3) is 3.04. The van der Waals surface area contributed by atoms with Crippen LogP contribution in [-0.2, 0) is 11.2 Å². The molecule has 1 aromatic heterocycles. The van der Waals surface area contributed by atoms with Crippen molar-refractivity contribution in [2.75, 3.05) is 0 Å². The van der Waals surface area contributed by atoms with Crippen molar-refractivity contribution >= 4 is 11.9 Å². The van der Waals surface area contributed by atoms with Crippen molar-refractivity contribution < 1.29 is 14.7 Å². The number of amides is 1. The highest BCUT2D eigenvalue weighted by atomic mass is 16.4. The Balaban J connectivity index is 2.62. The van der Waals surface area contributed by atoms with Gasteiger partial charge in [-0.25, -0.2) is 4.98 Å². The van der Waals surface area contributed by atoms with Gasteiger partial charge in [-0.15, -0.1) is 5.10 Å². The molecule has 0 aliphatic carbocycles. The lowest BCUT2D eigenvalue weighted by atomic mass is 10.3. The summed E-state index contributed by atoms with van der Waals surface area (Å²) >= 11 is 0. The molecule has 16 heavy (non-hydrogen) atoms. The number of nitrogens with one attached hydrogen (secondary N) is 2. The Bertz CT molecular complexity index is 388. The zero-order chi connectivity index (χ0) is 12.1. The molecule has 0 fully saturated rings. The van der Waals surface area contributed by atoms with Crippen molar-refractivity contribution in [1.29, 1.82) is 0 Å². The summed E-state index contributed by atoms with van der Waals surface area (Å²) in [6.45, 7) is 3.36. The number of hydrogen-bond donors (Lipinski definition) is 3. The number of carbonyl (C=O) groups is 2. The van der Waals surface area contributed by atoms with Gasteiger partial charge in [0.1, 0.15) is 11.9 Å². The number of rotatable bonds is 5. The van der Waals surface area contributed by atoms with Crippen LogP contribution in [0.2, 0.25) is 0 Å². The highest BCUT2D eigenvalue weighted by molar-refractivity contribution is 5.93. The van der Waals surface area contributed by atoms with E-state index in [-0.39, 0.29) is 5.82 Å². The summed E-state index contributed by atoms with van der Waals surface area (Å²) < 4.78 is 0. The lowest BCUT2D eigenvalue weighted by Crippen LogP contribution is -2.38. The lowest BCUT2D eigenvalue weighted by molar-refractivity contribution is -0.138. The monoisotopic (exact) mass is 226 g/mol. The molecule has 88 valence electrons. The van der Waals surface area contributed by atoms with Crippen LogP contribution in [0, 0.1) is 0 Å². The minimum absolute atomic E-state index is 0.0310. The molecule has 1 amide bonds. The van der Waals surface area contributed by atoms with Crippen LogP contribution < -0.4 is 5.32 Å². The van der Waals surface area contributed by atoms with Crippen LogP contribution in [0.4, 0.5) is 0 Å². The highest BCUT2D eigenvalue weighted by Gasteiger charge is 2.18. The van der Waals surface area contributed by atoms with E-state index < -0.39 is 17.9 Å². The van der Waals surface area contributed by atoms with Crippen LogP contribution in [0.25, 0.3) is 0 Å². The number of hydrogen-bond acceptors (Lipinski definition) is 4. The fourth-order valence-electron chi connectivity index (χ4n) is 1.07. The average Bonchev–Trinajstić information content (AvgIpc) is 2.66. The van der Waals surface area contributed by atoms with Crippen molar-refractivity contribution in [3.05, 3.63) is 11.6 Å². The van der Waals surface area contributed by atoms with Gasteiger partial charge in [0.05, 0.1) is 0 Å². The summed E-state index contributed by atoms with van der Waals surface area (Å²) in [5.74, 6) is -1.10. The first kappa shape index (κ1) is 12.2. The van der Waals surface area contributed by atoms with Gasteiger partial charge >= 0.3 is 5.97 Å². The lowest BCUT2D eigenvalue weighted by Gasteiger charge is -2.05. The van der Waals surface area contributed by atoms with Crippen molar-refractivity contribution in [3.63, 3.8) is 0 Å². The Hall–Kier alpha value is -1.92. The summed E-state index contributed by atoms with van der Waals surface area (Å²) in [7, 11) is 0. The number of carbonyl (C=O) groups excluding carboxylic acids is 1. The molecular formula is C9H14N4O3. The molecule has 1 aromatic rings. The fraction of sp³-hybridized carbons (Fsp3) is 0.556. The van der Waals surface area contributed by atoms with Crippen LogP contribution >= 0.6 is 0 Å². The molecule has 0 aliphatic heterocycles. The van der Waals surface area contributed by atoms with Gasteiger partial charge in [-0.2, -0.15) is 0 Å². The largest absolute Gasteiger partial charge is 0.480 e. The number of nitrogens with zero attached hydrogens (tertiary/aromatic N) is 2. The van der Waals surface area contributed by atoms with Crippen molar-refractivity contribution in [3.8, 4) is 0 Å². The molecule has 1 atom stereocenters. The maximum Gasteiger partial charge on any atom is 0.325 e. The average molecular weight is 226 g/mol. The van der Waals surface area contributed by atoms with E-state index in [9.17, 15) is 9.59 Å². The number of H-pyrrole nitrogens is 1. The summed E-state index contributed by atoms with van der Waals surface area (Å²) in [6.07, 6.45) is 1.59. The topological polar surface area (TPSA) is 108 Å². The molecule has 0 aliphatic rings. The van der Waals surface area contributed by atoms with Crippen molar-refractivity contribution in [2.45, 2.75) is 32.7 Å². The third-order valence-electron chi connectivity index (χ3n) is 1.94. The molecule has 3 N–H and O–H groups in total. The number of carboxylic acids is 1. The molecular weight excluding hydrogens is 212 g/mol. The van der Waals surface area contributed by atoms with E-state index in [4.69, 9.17) is 5.11 Å². The third-order valence-corrected chi connectivity index (χ3v) is 1.94. The van der Waals surface area contributed by atoms with Crippen LogP contribution in [0.5, 0.6) is 0 Å². The van der Waals surface area contributed by atoms with E-state index in [2.05, 4.69) is 20.5 Å². The summed E-state index contributed by atoms with van der Waals surface area (Å²) in [6, 6.07) is -0.958. The van der Waals surface area contributed by atoms with Crippen molar-refractivity contribution in [1.82, 2.24) is 20.5 Å². The molecule has 0 radical (unpaired) electrons. The maximum absolute atomic E-state index is 11.5. The number of aromatic nitrogens is 3. The summed E-state index contributed by atoms with van der Waals surface area (Å²) in [5, 5.41) is 17.2. The van der Waals surface area contributed by atoms with Crippen LogP contribution in [0.3, 0.4) is 0 Å². The molecule has 1 heterocycles. The Labute approximate surface area is 92.3 Å². The second kappa shape index (κ2) is 5.24. The van der Waals surface area contributed by atoms with Gasteiger partial charge < -0.3 is 10.4 Å². The van der Waals surface area contributed by atoms with E-state index >= 15 is 0 Å². The normalized spacial score (nSPS) is 12.1. The van der Waals surface area contributed by atoms with E-state index in [1.54, 1.807) is 0 Å². The van der Waals surface area contributed by atoms with Gasteiger partial charge in [-0.1, -0.05) is 6.92 Å². The standard InChI is InChI=1S/C9H14N4O3/c1-3-4-6-11-7(13-12-6)8(14)10-5(2)9(15)16/h5H,3-4H2,1-2H3,(H,10,14)(H,15,16)(H,11,12,13)/t5-/m1/s1.